The van der Waals surface area contributed by atoms with Crippen molar-refractivity contribution >= 4 is 11.6 Å². The van der Waals surface area contributed by atoms with Crippen LogP contribution in [0, 0.1) is 17.8 Å². The van der Waals surface area contributed by atoms with Crippen LogP contribution in [0.15, 0.2) is 24.5 Å². The van der Waals surface area contributed by atoms with E-state index in [1.54, 1.807) is 12.4 Å². The van der Waals surface area contributed by atoms with E-state index < -0.39 is 0 Å². The van der Waals surface area contributed by atoms with E-state index in [4.69, 9.17) is 9.47 Å². The number of hydrogen-bond acceptors (Lipinski definition) is 5. The Bertz CT molecular complexity index is 591. The number of carbonyl (C=O) groups is 1. The lowest BCUT2D eigenvalue weighted by Gasteiger charge is -2.38. The second-order valence-corrected chi connectivity index (χ2v) is 7.89. The highest BCUT2D eigenvalue weighted by atomic mass is 16.5. The van der Waals surface area contributed by atoms with Crippen molar-refractivity contribution in [1.29, 1.82) is 0 Å². The van der Waals surface area contributed by atoms with Gasteiger partial charge in [-0.2, -0.15) is 0 Å². The molecule has 3 atom stereocenters. The zero-order valence-electron chi connectivity index (χ0n) is 15.3. The van der Waals surface area contributed by atoms with Crippen LogP contribution in [0.3, 0.4) is 0 Å². The molecule has 6 heteroatoms. The Morgan fingerprint density at radius 1 is 1.31 bits per heavy atom. The lowest BCUT2D eigenvalue weighted by Crippen LogP contribution is -2.44. The fraction of sp³-hybridized carbons (Fsp3) is 0.700. The van der Waals surface area contributed by atoms with E-state index in [1.807, 2.05) is 12.1 Å². The molecule has 0 spiro atoms. The number of aromatic nitrogens is 1. The maximum Gasteiger partial charge on any atom is 0.227 e. The summed E-state index contributed by atoms with van der Waals surface area (Å²) in [5.74, 6) is 1.89. The second-order valence-electron chi connectivity index (χ2n) is 7.89. The maximum absolute atomic E-state index is 12.3. The van der Waals surface area contributed by atoms with Crippen LogP contribution >= 0.6 is 0 Å². The van der Waals surface area contributed by atoms with Gasteiger partial charge in [0.05, 0.1) is 31.0 Å². The fourth-order valence-electron chi connectivity index (χ4n) is 4.66. The minimum Gasteiger partial charge on any atom is -0.381 e. The molecular weight excluding hydrogens is 330 g/mol. The van der Waals surface area contributed by atoms with E-state index in [1.165, 1.54) is 19.4 Å². The normalized spacial score (nSPS) is 30.1. The molecule has 0 unspecified atom stereocenters. The predicted molar refractivity (Wildman–Crippen MR) is 98.8 cm³/mol. The third-order valence-corrected chi connectivity index (χ3v) is 6.07. The number of likely N-dealkylation sites (tertiary alicyclic amines) is 1. The van der Waals surface area contributed by atoms with Crippen molar-refractivity contribution in [3.05, 3.63) is 24.5 Å². The molecule has 4 rings (SSSR count). The summed E-state index contributed by atoms with van der Waals surface area (Å²) in [6.07, 6.45) is 7.40. The Hall–Kier alpha value is -1.50. The lowest BCUT2D eigenvalue weighted by molar-refractivity contribution is -0.118. The lowest BCUT2D eigenvalue weighted by atomic mass is 9.82. The van der Waals surface area contributed by atoms with Gasteiger partial charge in [-0.1, -0.05) is 0 Å². The van der Waals surface area contributed by atoms with E-state index in [9.17, 15) is 4.79 Å². The molecular formula is C20H29N3O3. The Kier molecular flexibility index (Phi) is 5.82. The first-order valence-electron chi connectivity index (χ1n) is 9.89. The van der Waals surface area contributed by atoms with Crippen LogP contribution in [0.1, 0.15) is 25.7 Å². The average molecular weight is 359 g/mol. The molecule has 3 aliphatic heterocycles. The SMILES string of the molecule is O=C(C[C@H]1OC[C@H]2CN(CC3CCOCC3)CC[C@H]21)Nc1cccnc1. The van der Waals surface area contributed by atoms with Gasteiger partial charge in [-0.25, -0.2) is 0 Å². The number of piperidine rings is 1. The molecule has 142 valence electrons. The third kappa shape index (κ3) is 4.42. The van der Waals surface area contributed by atoms with Crippen LogP contribution in [0.2, 0.25) is 0 Å². The summed E-state index contributed by atoms with van der Waals surface area (Å²) in [5.41, 5.74) is 0.748. The zero-order valence-corrected chi connectivity index (χ0v) is 15.3. The number of anilines is 1. The van der Waals surface area contributed by atoms with Crippen LogP contribution in [0.5, 0.6) is 0 Å². The number of pyridine rings is 1. The minimum atomic E-state index is 0.0216. The smallest absolute Gasteiger partial charge is 0.227 e. The number of nitrogens with zero attached hydrogens (tertiary/aromatic N) is 2. The first-order valence-corrected chi connectivity index (χ1v) is 9.89. The first kappa shape index (κ1) is 17.9. The summed E-state index contributed by atoms with van der Waals surface area (Å²) in [5, 5.41) is 2.92. The standard InChI is InChI=1S/C20H29N3O3/c24-20(22-17-2-1-6-21-11-17)10-19-18-3-7-23(13-16(18)14-26-19)12-15-4-8-25-9-5-15/h1-2,6,11,15-16,18-19H,3-5,7-10,12-14H2,(H,22,24)/t16-,18-,19-/m1/s1. The topological polar surface area (TPSA) is 63.7 Å². The second kappa shape index (κ2) is 8.46. The monoisotopic (exact) mass is 359 g/mol. The van der Waals surface area contributed by atoms with Crippen molar-refractivity contribution in [3.63, 3.8) is 0 Å². The Morgan fingerprint density at radius 2 is 2.19 bits per heavy atom. The number of ether oxygens (including phenoxy) is 2. The summed E-state index contributed by atoms with van der Waals surface area (Å²) in [6.45, 7) is 6.06. The van der Waals surface area contributed by atoms with Gasteiger partial charge in [-0.15, -0.1) is 0 Å². The van der Waals surface area contributed by atoms with Crippen molar-refractivity contribution in [2.45, 2.75) is 31.8 Å². The fourth-order valence-corrected chi connectivity index (χ4v) is 4.66. The van der Waals surface area contributed by atoms with E-state index >= 15 is 0 Å². The van der Waals surface area contributed by atoms with Gasteiger partial charge in [0.1, 0.15) is 0 Å². The zero-order chi connectivity index (χ0) is 17.8. The molecule has 3 saturated heterocycles. The van der Waals surface area contributed by atoms with Gasteiger partial charge >= 0.3 is 0 Å². The van der Waals surface area contributed by atoms with Crippen LogP contribution in [0.25, 0.3) is 0 Å². The third-order valence-electron chi connectivity index (χ3n) is 6.07. The number of fused-ring (bicyclic) bond motifs is 1. The van der Waals surface area contributed by atoms with E-state index in [2.05, 4.69) is 15.2 Å². The van der Waals surface area contributed by atoms with E-state index in [-0.39, 0.29) is 12.0 Å². The number of amides is 1. The van der Waals surface area contributed by atoms with Crippen molar-refractivity contribution in [1.82, 2.24) is 9.88 Å². The largest absolute Gasteiger partial charge is 0.381 e. The number of rotatable bonds is 5. The number of nitrogens with one attached hydrogen (secondary N) is 1. The molecule has 1 aromatic rings. The number of hydrogen-bond donors (Lipinski definition) is 1. The van der Waals surface area contributed by atoms with Crippen LogP contribution in [-0.4, -0.2) is 61.3 Å². The Morgan fingerprint density at radius 3 is 3.00 bits per heavy atom. The van der Waals surface area contributed by atoms with Gasteiger partial charge in [0.15, 0.2) is 0 Å². The summed E-state index contributed by atoms with van der Waals surface area (Å²) in [6, 6.07) is 3.68. The average Bonchev–Trinajstić information content (AvgIpc) is 3.05. The summed E-state index contributed by atoms with van der Waals surface area (Å²) in [4.78, 5) is 19.0. The molecule has 4 heterocycles. The van der Waals surface area contributed by atoms with Crippen LogP contribution in [0.4, 0.5) is 5.69 Å². The van der Waals surface area contributed by atoms with Gasteiger partial charge in [-0.3, -0.25) is 9.78 Å². The highest BCUT2D eigenvalue weighted by Gasteiger charge is 2.41. The highest BCUT2D eigenvalue weighted by molar-refractivity contribution is 5.90. The molecule has 0 aliphatic carbocycles. The van der Waals surface area contributed by atoms with Crippen molar-refractivity contribution in [2.24, 2.45) is 17.8 Å². The molecule has 1 N–H and O–H groups in total. The molecule has 3 fully saturated rings. The molecule has 0 radical (unpaired) electrons. The van der Waals surface area contributed by atoms with Crippen molar-refractivity contribution in [2.75, 3.05) is 44.8 Å². The summed E-state index contributed by atoms with van der Waals surface area (Å²) >= 11 is 0. The van der Waals surface area contributed by atoms with Gasteiger partial charge in [-0.05, 0) is 49.8 Å². The molecule has 0 bridgehead atoms. The quantitative estimate of drug-likeness (QED) is 0.873. The van der Waals surface area contributed by atoms with Gasteiger partial charge in [0.25, 0.3) is 0 Å². The molecule has 1 aromatic heterocycles. The van der Waals surface area contributed by atoms with Gasteiger partial charge < -0.3 is 19.7 Å². The van der Waals surface area contributed by atoms with Crippen molar-refractivity contribution < 1.29 is 14.3 Å². The maximum atomic E-state index is 12.3. The van der Waals surface area contributed by atoms with Crippen molar-refractivity contribution in [3.8, 4) is 0 Å². The molecule has 1 amide bonds. The minimum absolute atomic E-state index is 0.0216. The first-order chi connectivity index (χ1) is 12.8. The predicted octanol–water partition coefficient (Wildman–Crippen LogP) is 2.17. The molecule has 0 aromatic carbocycles. The summed E-state index contributed by atoms with van der Waals surface area (Å²) < 4.78 is 11.5. The molecule has 0 saturated carbocycles. The highest BCUT2D eigenvalue weighted by Crippen LogP contribution is 2.36. The summed E-state index contributed by atoms with van der Waals surface area (Å²) in [7, 11) is 0. The molecule has 3 aliphatic rings. The van der Waals surface area contributed by atoms with E-state index in [0.29, 0.717) is 18.3 Å². The molecule has 6 nitrogen and oxygen atoms in total. The molecule has 26 heavy (non-hydrogen) atoms. The Balaban J connectivity index is 1.25. The van der Waals surface area contributed by atoms with Gasteiger partial charge in [0, 0.05) is 38.4 Å². The Labute approximate surface area is 155 Å². The van der Waals surface area contributed by atoms with Crippen LogP contribution < -0.4 is 5.32 Å². The van der Waals surface area contributed by atoms with Crippen LogP contribution in [-0.2, 0) is 14.3 Å². The van der Waals surface area contributed by atoms with E-state index in [0.717, 1.165) is 50.9 Å². The van der Waals surface area contributed by atoms with Gasteiger partial charge in [0.2, 0.25) is 5.91 Å². The number of carbonyl (C=O) groups excluding carboxylic acids is 1.